The Kier molecular flexibility index (Phi) is 6.08. The van der Waals surface area contributed by atoms with Crippen LogP contribution in [0.2, 0.25) is 0 Å². The highest BCUT2D eigenvalue weighted by Crippen LogP contribution is 2.23. The number of aliphatic carboxylic acids is 1. The number of carboxylic acid groups (broad SMARTS) is 1. The van der Waals surface area contributed by atoms with E-state index in [9.17, 15) is 14.0 Å². The molecule has 0 bridgehead atoms. The molecule has 0 spiro atoms. The molecule has 6 nitrogen and oxygen atoms in total. The van der Waals surface area contributed by atoms with Crippen LogP contribution in [-0.4, -0.2) is 39.5 Å². The van der Waals surface area contributed by atoms with Crippen molar-refractivity contribution in [2.45, 2.75) is 33.4 Å². The molecule has 0 saturated heterocycles. The molecule has 25 heavy (non-hydrogen) atoms. The summed E-state index contributed by atoms with van der Waals surface area (Å²) in [5.41, 5.74) is 0.531. The zero-order valence-corrected chi connectivity index (χ0v) is 15.0. The van der Waals surface area contributed by atoms with Crippen LogP contribution in [0.15, 0.2) is 24.3 Å². The monoisotopic (exact) mass is 366 g/mol. The number of ether oxygens (including phenoxy) is 1. The van der Waals surface area contributed by atoms with E-state index in [1.54, 1.807) is 20.8 Å². The molecule has 1 heterocycles. The van der Waals surface area contributed by atoms with Crippen LogP contribution in [0.4, 0.5) is 4.39 Å². The number of aromatic nitrogens is 1. The molecular weight excluding hydrogens is 347 g/mol. The van der Waals surface area contributed by atoms with Gasteiger partial charge in [-0.3, -0.25) is 9.59 Å². The van der Waals surface area contributed by atoms with Crippen molar-refractivity contribution >= 4 is 23.2 Å². The Bertz CT molecular complexity index is 759. The molecule has 0 unspecified atom stereocenters. The average Bonchev–Trinajstić information content (AvgIpc) is 2.92. The number of carbonyl (C=O) groups is 2. The summed E-state index contributed by atoms with van der Waals surface area (Å²) in [5, 5.41) is 9.57. The number of thiazole rings is 1. The fraction of sp³-hybridized carbons (Fsp3) is 0.353. The van der Waals surface area contributed by atoms with Crippen LogP contribution in [0.1, 0.15) is 34.2 Å². The molecule has 1 N–H and O–H groups in total. The maximum absolute atomic E-state index is 12.9. The quantitative estimate of drug-likeness (QED) is 0.814. The van der Waals surface area contributed by atoms with Gasteiger partial charge in [-0.25, -0.2) is 9.37 Å². The van der Waals surface area contributed by atoms with E-state index < -0.39 is 5.97 Å². The van der Waals surface area contributed by atoms with Gasteiger partial charge in [-0.05, 0) is 45.0 Å². The first-order valence-corrected chi connectivity index (χ1v) is 8.47. The lowest BCUT2D eigenvalue weighted by molar-refractivity contribution is -0.138. The molecule has 134 valence electrons. The first-order chi connectivity index (χ1) is 11.8. The second-order valence-electron chi connectivity index (χ2n) is 5.69. The molecule has 8 heteroatoms. The average molecular weight is 366 g/mol. The van der Waals surface area contributed by atoms with Crippen molar-refractivity contribution in [3.63, 3.8) is 0 Å². The number of carboxylic acids is 1. The summed E-state index contributed by atoms with van der Waals surface area (Å²) in [7, 11) is 0. The summed E-state index contributed by atoms with van der Waals surface area (Å²) >= 11 is 1.17. The van der Waals surface area contributed by atoms with Gasteiger partial charge in [-0.15, -0.1) is 11.3 Å². The summed E-state index contributed by atoms with van der Waals surface area (Å²) in [6.45, 7) is 5.00. The lowest BCUT2D eigenvalue weighted by Crippen LogP contribution is -2.40. The molecule has 1 amide bonds. The third-order valence-electron chi connectivity index (χ3n) is 3.40. The minimum atomic E-state index is -1.07. The van der Waals surface area contributed by atoms with Crippen molar-refractivity contribution in [3.05, 3.63) is 45.7 Å². The number of halogens is 1. The summed E-state index contributed by atoms with van der Waals surface area (Å²) < 4.78 is 18.4. The normalized spacial score (nSPS) is 10.8. The third-order valence-corrected chi connectivity index (χ3v) is 4.52. The zero-order chi connectivity index (χ0) is 18.6. The number of benzene rings is 1. The van der Waals surface area contributed by atoms with Crippen LogP contribution in [-0.2, 0) is 11.4 Å². The number of hydrogen-bond acceptors (Lipinski definition) is 5. The van der Waals surface area contributed by atoms with Gasteiger partial charge in [-0.2, -0.15) is 0 Å². The van der Waals surface area contributed by atoms with E-state index >= 15 is 0 Å². The molecule has 2 aromatic rings. The lowest BCUT2D eigenvalue weighted by Gasteiger charge is -2.24. The van der Waals surface area contributed by atoms with Crippen molar-refractivity contribution in [1.82, 2.24) is 9.88 Å². The van der Waals surface area contributed by atoms with Gasteiger partial charge in [0.25, 0.3) is 5.91 Å². The van der Waals surface area contributed by atoms with Crippen molar-refractivity contribution in [3.8, 4) is 5.75 Å². The fourth-order valence-corrected chi connectivity index (χ4v) is 3.09. The molecule has 0 aliphatic carbocycles. The van der Waals surface area contributed by atoms with Gasteiger partial charge in [0.15, 0.2) is 0 Å². The molecule has 1 aromatic carbocycles. The van der Waals surface area contributed by atoms with Crippen LogP contribution in [0, 0.1) is 12.7 Å². The molecule has 0 fully saturated rings. The first kappa shape index (κ1) is 18.9. The van der Waals surface area contributed by atoms with Gasteiger partial charge >= 0.3 is 5.97 Å². The summed E-state index contributed by atoms with van der Waals surface area (Å²) in [5.74, 6) is -1.28. The van der Waals surface area contributed by atoms with E-state index in [-0.39, 0.29) is 30.9 Å². The molecule has 0 saturated carbocycles. The predicted octanol–water partition coefficient (Wildman–Crippen LogP) is 3.10. The Morgan fingerprint density at radius 3 is 2.52 bits per heavy atom. The number of nitrogens with zero attached hydrogens (tertiary/aromatic N) is 2. The highest BCUT2D eigenvalue weighted by atomic mass is 32.1. The second-order valence-corrected chi connectivity index (χ2v) is 6.77. The van der Waals surface area contributed by atoms with Crippen molar-refractivity contribution in [2.75, 3.05) is 6.54 Å². The van der Waals surface area contributed by atoms with Crippen molar-refractivity contribution in [1.29, 1.82) is 0 Å². The molecule has 0 aliphatic heterocycles. The molecule has 1 aromatic heterocycles. The smallest absolute Gasteiger partial charge is 0.323 e. The van der Waals surface area contributed by atoms with E-state index in [4.69, 9.17) is 9.84 Å². The molecular formula is C17H19FN2O4S. The fourth-order valence-electron chi connectivity index (χ4n) is 2.15. The summed E-state index contributed by atoms with van der Waals surface area (Å²) in [4.78, 5) is 29.6. The lowest BCUT2D eigenvalue weighted by atomic mass is 10.2. The highest BCUT2D eigenvalue weighted by molar-refractivity contribution is 7.13. The van der Waals surface area contributed by atoms with Crippen LogP contribution < -0.4 is 4.74 Å². The predicted molar refractivity (Wildman–Crippen MR) is 91.4 cm³/mol. The maximum atomic E-state index is 12.9. The van der Waals surface area contributed by atoms with Crippen LogP contribution in [0.3, 0.4) is 0 Å². The number of amides is 1. The van der Waals surface area contributed by atoms with Crippen LogP contribution in [0.5, 0.6) is 5.75 Å². The number of hydrogen-bond donors (Lipinski definition) is 1. The number of rotatable bonds is 7. The van der Waals surface area contributed by atoms with Gasteiger partial charge in [0.1, 0.15) is 34.6 Å². The van der Waals surface area contributed by atoms with Crippen molar-refractivity contribution in [2.24, 2.45) is 0 Å². The second kappa shape index (κ2) is 8.06. The van der Waals surface area contributed by atoms with Crippen molar-refractivity contribution < 1.29 is 23.8 Å². The van der Waals surface area contributed by atoms with E-state index in [0.717, 1.165) is 0 Å². The maximum Gasteiger partial charge on any atom is 0.323 e. The van der Waals surface area contributed by atoms with Gasteiger partial charge in [0.2, 0.25) is 0 Å². The van der Waals surface area contributed by atoms with E-state index in [2.05, 4.69) is 4.98 Å². The van der Waals surface area contributed by atoms with E-state index in [1.807, 2.05) is 0 Å². The SMILES string of the molecule is Cc1nc(COc2ccc(F)cc2)sc1C(=O)N(CC(=O)O)C(C)C. The first-order valence-electron chi connectivity index (χ1n) is 7.65. The van der Waals surface area contributed by atoms with Gasteiger partial charge < -0.3 is 14.7 Å². The molecule has 0 aliphatic rings. The largest absolute Gasteiger partial charge is 0.486 e. The van der Waals surface area contributed by atoms with Gasteiger partial charge in [-0.1, -0.05) is 0 Å². The third kappa shape index (κ3) is 4.99. The Balaban J connectivity index is 2.11. The molecule has 0 radical (unpaired) electrons. The topological polar surface area (TPSA) is 79.7 Å². The minimum absolute atomic E-state index is 0.144. The van der Waals surface area contributed by atoms with Gasteiger partial charge in [0.05, 0.1) is 5.69 Å². The number of carbonyl (C=O) groups excluding carboxylic acids is 1. The Morgan fingerprint density at radius 1 is 1.32 bits per heavy atom. The molecule has 0 atom stereocenters. The number of aryl methyl sites for hydroxylation is 1. The summed E-state index contributed by atoms with van der Waals surface area (Å²) in [6.07, 6.45) is 0. The summed E-state index contributed by atoms with van der Waals surface area (Å²) in [6, 6.07) is 5.36. The Labute approximate surface area is 148 Å². The van der Waals surface area contributed by atoms with E-state index in [0.29, 0.717) is 21.3 Å². The standard InChI is InChI=1S/C17H19FN2O4S/c1-10(2)20(8-15(21)22)17(23)16-11(3)19-14(25-16)9-24-13-6-4-12(18)5-7-13/h4-7,10H,8-9H2,1-3H3,(H,21,22). The van der Waals surface area contributed by atoms with Crippen LogP contribution >= 0.6 is 11.3 Å². The van der Waals surface area contributed by atoms with Crippen LogP contribution in [0.25, 0.3) is 0 Å². The Hall–Kier alpha value is -2.48. The minimum Gasteiger partial charge on any atom is -0.486 e. The highest BCUT2D eigenvalue weighted by Gasteiger charge is 2.25. The van der Waals surface area contributed by atoms with E-state index in [1.165, 1.54) is 40.5 Å². The molecule has 2 rings (SSSR count). The van der Waals surface area contributed by atoms with Gasteiger partial charge in [0, 0.05) is 6.04 Å². The zero-order valence-electron chi connectivity index (χ0n) is 14.2. The Morgan fingerprint density at radius 2 is 1.96 bits per heavy atom.